The maximum atomic E-state index is 13.0. The third-order valence-corrected chi connectivity index (χ3v) is 4.55. The van der Waals surface area contributed by atoms with Gasteiger partial charge in [-0.25, -0.2) is 9.37 Å². The minimum absolute atomic E-state index is 0.271. The molecule has 2 heterocycles. The van der Waals surface area contributed by atoms with Gasteiger partial charge >= 0.3 is 0 Å². The van der Waals surface area contributed by atoms with Crippen molar-refractivity contribution in [1.82, 2.24) is 9.97 Å². The molecule has 106 valence electrons. The molecule has 0 fully saturated rings. The van der Waals surface area contributed by atoms with Gasteiger partial charge in [0.15, 0.2) is 0 Å². The molecule has 5 heteroatoms. The van der Waals surface area contributed by atoms with E-state index in [2.05, 4.69) is 9.97 Å². The Hall–Kier alpha value is -2.11. The Bertz CT molecular complexity index is 738. The van der Waals surface area contributed by atoms with Gasteiger partial charge < -0.3 is 5.11 Å². The van der Waals surface area contributed by atoms with Gasteiger partial charge in [0.05, 0.1) is 4.88 Å². The average molecular weight is 300 g/mol. The van der Waals surface area contributed by atoms with Crippen LogP contribution in [0.1, 0.15) is 17.5 Å². The van der Waals surface area contributed by atoms with E-state index in [-0.39, 0.29) is 5.82 Å². The Balaban J connectivity index is 1.96. The lowest BCUT2D eigenvalue weighted by atomic mass is 9.98. The first-order valence-corrected chi connectivity index (χ1v) is 7.24. The summed E-state index contributed by atoms with van der Waals surface area (Å²) in [6, 6.07) is 9.75. The molecule has 0 aliphatic carbocycles. The SMILES string of the molecule is C[C@](O)(c1ccncc1)c1ncc(-c2ccc(F)cc2)s1. The monoisotopic (exact) mass is 300 g/mol. The Labute approximate surface area is 125 Å². The van der Waals surface area contributed by atoms with Crippen LogP contribution in [0.3, 0.4) is 0 Å². The number of pyridine rings is 1. The van der Waals surface area contributed by atoms with Crippen LogP contribution in [0.25, 0.3) is 10.4 Å². The van der Waals surface area contributed by atoms with Crippen LogP contribution in [0.2, 0.25) is 0 Å². The summed E-state index contributed by atoms with van der Waals surface area (Å²) < 4.78 is 13.0. The number of aliphatic hydroxyl groups is 1. The predicted molar refractivity (Wildman–Crippen MR) is 80.4 cm³/mol. The lowest BCUT2D eigenvalue weighted by molar-refractivity contribution is 0.102. The number of hydrogen-bond donors (Lipinski definition) is 1. The summed E-state index contributed by atoms with van der Waals surface area (Å²) in [5, 5.41) is 11.3. The molecule has 1 N–H and O–H groups in total. The summed E-state index contributed by atoms with van der Waals surface area (Å²) in [4.78, 5) is 9.16. The van der Waals surface area contributed by atoms with Crippen LogP contribution in [0, 0.1) is 5.82 Å². The van der Waals surface area contributed by atoms with Gasteiger partial charge in [-0.15, -0.1) is 11.3 Å². The highest BCUT2D eigenvalue weighted by Gasteiger charge is 2.29. The van der Waals surface area contributed by atoms with E-state index in [1.165, 1.54) is 23.5 Å². The van der Waals surface area contributed by atoms with E-state index < -0.39 is 5.60 Å². The molecule has 2 aromatic heterocycles. The molecule has 21 heavy (non-hydrogen) atoms. The van der Waals surface area contributed by atoms with E-state index in [1.54, 1.807) is 49.8 Å². The van der Waals surface area contributed by atoms with Crippen molar-refractivity contribution in [1.29, 1.82) is 0 Å². The fraction of sp³-hybridized carbons (Fsp3) is 0.125. The molecule has 3 nitrogen and oxygen atoms in total. The second-order valence-corrected chi connectivity index (χ2v) is 5.88. The smallest absolute Gasteiger partial charge is 0.138 e. The molecule has 0 aliphatic heterocycles. The van der Waals surface area contributed by atoms with E-state index in [0.717, 1.165) is 16.0 Å². The summed E-state index contributed by atoms with van der Waals surface area (Å²) in [6.45, 7) is 1.70. The minimum atomic E-state index is -1.17. The highest BCUT2D eigenvalue weighted by molar-refractivity contribution is 7.15. The van der Waals surface area contributed by atoms with Crippen molar-refractivity contribution in [3.8, 4) is 10.4 Å². The number of nitrogens with zero attached hydrogens (tertiary/aromatic N) is 2. The van der Waals surface area contributed by atoms with Gasteiger partial charge in [0.1, 0.15) is 16.4 Å². The zero-order valence-electron chi connectivity index (χ0n) is 11.3. The quantitative estimate of drug-likeness (QED) is 0.804. The Kier molecular flexibility index (Phi) is 3.53. The van der Waals surface area contributed by atoms with Gasteiger partial charge in [0.2, 0.25) is 0 Å². The Morgan fingerprint density at radius 1 is 1.10 bits per heavy atom. The number of benzene rings is 1. The predicted octanol–water partition coefficient (Wildman–Crippen LogP) is 3.60. The average Bonchev–Trinajstić information content (AvgIpc) is 2.99. The third-order valence-electron chi connectivity index (χ3n) is 3.29. The van der Waals surface area contributed by atoms with Gasteiger partial charge in [-0.2, -0.15) is 0 Å². The fourth-order valence-electron chi connectivity index (χ4n) is 2.05. The molecule has 3 aromatic rings. The third kappa shape index (κ3) is 2.70. The molecule has 0 saturated heterocycles. The van der Waals surface area contributed by atoms with E-state index in [4.69, 9.17) is 0 Å². The van der Waals surface area contributed by atoms with Crippen molar-refractivity contribution >= 4 is 11.3 Å². The van der Waals surface area contributed by atoms with Crippen molar-refractivity contribution in [3.05, 3.63) is 71.4 Å². The molecule has 0 radical (unpaired) electrons. The summed E-state index contributed by atoms with van der Waals surface area (Å²) in [5.41, 5.74) is 0.439. The first-order valence-electron chi connectivity index (χ1n) is 6.42. The maximum Gasteiger partial charge on any atom is 0.138 e. The van der Waals surface area contributed by atoms with Crippen LogP contribution in [-0.2, 0) is 5.60 Å². The highest BCUT2D eigenvalue weighted by Crippen LogP contribution is 2.35. The van der Waals surface area contributed by atoms with Crippen molar-refractivity contribution in [2.24, 2.45) is 0 Å². The van der Waals surface area contributed by atoms with E-state index in [0.29, 0.717) is 5.01 Å². The number of halogens is 1. The van der Waals surface area contributed by atoms with Crippen LogP contribution >= 0.6 is 11.3 Å². The summed E-state index contributed by atoms with van der Waals surface area (Å²) >= 11 is 1.39. The first-order chi connectivity index (χ1) is 10.1. The lowest BCUT2D eigenvalue weighted by Gasteiger charge is -2.20. The van der Waals surface area contributed by atoms with Crippen molar-refractivity contribution in [2.75, 3.05) is 0 Å². The van der Waals surface area contributed by atoms with Crippen molar-refractivity contribution < 1.29 is 9.50 Å². The zero-order chi connectivity index (χ0) is 14.9. The highest BCUT2D eigenvalue weighted by atomic mass is 32.1. The maximum absolute atomic E-state index is 13.0. The molecule has 0 spiro atoms. The summed E-state index contributed by atoms with van der Waals surface area (Å²) in [7, 11) is 0. The largest absolute Gasteiger partial charge is 0.378 e. The zero-order valence-corrected chi connectivity index (χ0v) is 12.1. The van der Waals surface area contributed by atoms with Crippen molar-refractivity contribution in [3.63, 3.8) is 0 Å². The molecule has 1 atom stereocenters. The molecule has 0 unspecified atom stereocenters. The van der Waals surface area contributed by atoms with Gasteiger partial charge in [-0.05, 0) is 42.3 Å². The Morgan fingerprint density at radius 2 is 1.76 bits per heavy atom. The second kappa shape index (κ2) is 5.35. The number of rotatable bonds is 3. The topological polar surface area (TPSA) is 46.0 Å². The Morgan fingerprint density at radius 3 is 2.43 bits per heavy atom. The van der Waals surface area contributed by atoms with Crippen molar-refractivity contribution in [2.45, 2.75) is 12.5 Å². The fourth-order valence-corrected chi connectivity index (χ4v) is 3.04. The van der Waals surface area contributed by atoms with Crippen LogP contribution in [0.15, 0.2) is 55.0 Å². The minimum Gasteiger partial charge on any atom is -0.378 e. The molecule has 0 bridgehead atoms. The van der Waals surface area contributed by atoms with Crippen LogP contribution < -0.4 is 0 Å². The molecule has 1 aromatic carbocycles. The number of aromatic nitrogens is 2. The second-order valence-electron chi connectivity index (χ2n) is 4.84. The van der Waals surface area contributed by atoms with E-state index >= 15 is 0 Å². The molecule has 0 aliphatic rings. The van der Waals surface area contributed by atoms with Crippen LogP contribution in [-0.4, -0.2) is 15.1 Å². The van der Waals surface area contributed by atoms with Gasteiger partial charge in [-0.3, -0.25) is 4.98 Å². The van der Waals surface area contributed by atoms with Gasteiger partial charge in [-0.1, -0.05) is 12.1 Å². The van der Waals surface area contributed by atoms with Gasteiger partial charge in [0.25, 0.3) is 0 Å². The van der Waals surface area contributed by atoms with Crippen LogP contribution in [0.5, 0.6) is 0 Å². The number of thiazole rings is 1. The molecule has 0 saturated carbocycles. The normalized spacial score (nSPS) is 13.9. The van der Waals surface area contributed by atoms with Crippen LogP contribution in [0.4, 0.5) is 4.39 Å². The molecule has 3 rings (SSSR count). The van der Waals surface area contributed by atoms with E-state index in [9.17, 15) is 9.50 Å². The summed E-state index contributed by atoms with van der Waals surface area (Å²) in [6.07, 6.45) is 4.97. The summed E-state index contributed by atoms with van der Waals surface area (Å²) in [5.74, 6) is -0.271. The molecular formula is C16H13FN2OS. The first kappa shape index (κ1) is 13.9. The number of hydrogen-bond acceptors (Lipinski definition) is 4. The van der Waals surface area contributed by atoms with E-state index in [1.807, 2.05) is 0 Å². The molecular weight excluding hydrogens is 287 g/mol. The molecule has 0 amide bonds. The standard InChI is InChI=1S/C16H13FN2OS/c1-16(20,12-6-8-18-9-7-12)15-19-10-14(21-15)11-2-4-13(17)5-3-11/h2-10,20H,1H3/t16-/m0/s1. The van der Waals surface area contributed by atoms with Gasteiger partial charge in [0, 0.05) is 18.6 Å². The lowest BCUT2D eigenvalue weighted by Crippen LogP contribution is -2.22.